The molecule has 0 unspecified atom stereocenters. The summed E-state index contributed by atoms with van der Waals surface area (Å²) in [7, 11) is 5.77. The number of ether oxygens (including phenoxy) is 1. The molecule has 1 heterocycles. The molecule has 1 aromatic heterocycles. The molecule has 32 heavy (non-hydrogen) atoms. The number of aromatic nitrogens is 2. The van der Waals surface area contributed by atoms with E-state index >= 15 is 0 Å². The summed E-state index contributed by atoms with van der Waals surface area (Å²) in [6.07, 6.45) is 4.74. The minimum absolute atomic E-state index is 0. The highest BCUT2D eigenvalue weighted by Crippen LogP contribution is 2.28. The standard InChI is InChI=1S/C25H33N5O.CH4/c1-30(2)24-22-9-4-5-10-23(22)28-25(29-24)27-20-13-11-18(12-14-20)16-26-17-19-7-6-8-21(15-19)31-3;/h4-10,15,18,20,26H,11-14,16-17H2,1-3H3,(H,27,28,29);1H4. The first kappa shape index (κ1) is 23.8. The fourth-order valence-corrected chi connectivity index (χ4v) is 4.36. The van der Waals surface area contributed by atoms with Gasteiger partial charge in [0.25, 0.3) is 0 Å². The SMILES string of the molecule is C.COc1cccc(CNCC2CCC(Nc3nc(N(C)C)c4ccccc4n3)CC2)c1. The Hall–Kier alpha value is -2.86. The van der Waals surface area contributed by atoms with E-state index in [9.17, 15) is 0 Å². The predicted octanol–water partition coefficient (Wildman–Crippen LogP) is 5.10. The van der Waals surface area contributed by atoms with Crippen LogP contribution < -0.4 is 20.3 Å². The summed E-state index contributed by atoms with van der Waals surface area (Å²) in [5.74, 6) is 3.34. The first-order valence-electron chi connectivity index (χ1n) is 11.2. The normalized spacial score (nSPS) is 18.1. The van der Waals surface area contributed by atoms with Crippen molar-refractivity contribution in [1.82, 2.24) is 15.3 Å². The van der Waals surface area contributed by atoms with E-state index in [0.29, 0.717) is 6.04 Å². The molecule has 1 aliphatic rings. The van der Waals surface area contributed by atoms with Crippen LogP contribution in [0.4, 0.5) is 11.8 Å². The zero-order valence-corrected chi connectivity index (χ0v) is 18.8. The number of nitrogens with one attached hydrogen (secondary N) is 2. The summed E-state index contributed by atoms with van der Waals surface area (Å²) in [4.78, 5) is 11.6. The highest BCUT2D eigenvalue weighted by atomic mass is 16.5. The molecule has 2 aromatic carbocycles. The van der Waals surface area contributed by atoms with Crippen molar-refractivity contribution in [3.63, 3.8) is 0 Å². The number of para-hydroxylation sites is 1. The molecule has 6 nitrogen and oxygen atoms in total. The molecule has 6 heteroatoms. The molecule has 2 N–H and O–H groups in total. The molecular formula is C26H37N5O. The van der Waals surface area contributed by atoms with Crippen LogP contribution in [0, 0.1) is 5.92 Å². The Morgan fingerprint density at radius 1 is 1.00 bits per heavy atom. The van der Waals surface area contributed by atoms with Crippen LogP contribution in [0.3, 0.4) is 0 Å². The number of benzene rings is 2. The largest absolute Gasteiger partial charge is 0.497 e. The van der Waals surface area contributed by atoms with E-state index in [0.717, 1.165) is 60.3 Å². The van der Waals surface area contributed by atoms with E-state index in [-0.39, 0.29) is 7.43 Å². The topological polar surface area (TPSA) is 62.3 Å². The van der Waals surface area contributed by atoms with Crippen LogP contribution >= 0.6 is 0 Å². The van der Waals surface area contributed by atoms with Gasteiger partial charge in [-0.2, -0.15) is 4.98 Å². The number of anilines is 2. The Labute approximate surface area is 192 Å². The third-order valence-electron chi connectivity index (χ3n) is 6.08. The van der Waals surface area contributed by atoms with E-state index in [4.69, 9.17) is 14.7 Å². The minimum atomic E-state index is 0. The molecule has 0 aliphatic heterocycles. The van der Waals surface area contributed by atoms with E-state index in [2.05, 4.69) is 39.8 Å². The molecule has 4 rings (SSSR count). The van der Waals surface area contributed by atoms with E-state index in [1.54, 1.807) is 7.11 Å². The Morgan fingerprint density at radius 3 is 2.53 bits per heavy atom. The zero-order valence-electron chi connectivity index (χ0n) is 18.8. The second-order valence-corrected chi connectivity index (χ2v) is 8.63. The Bertz CT molecular complexity index is 998. The average molecular weight is 436 g/mol. The summed E-state index contributed by atoms with van der Waals surface area (Å²) in [5, 5.41) is 8.31. The van der Waals surface area contributed by atoms with Crippen LogP contribution in [0.2, 0.25) is 0 Å². The predicted molar refractivity (Wildman–Crippen MR) is 135 cm³/mol. The van der Waals surface area contributed by atoms with Gasteiger partial charge in [0.05, 0.1) is 12.6 Å². The van der Waals surface area contributed by atoms with E-state index in [1.165, 1.54) is 18.4 Å². The van der Waals surface area contributed by atoms with Crippen LogP contribution in [-0.2, 0) is 6.54 Å². The van der Waals surface area contributed by atoms with Gasteiger partial charge in [0.2, 0.25) is 5.95 Å². The minimum Gasteiger partial charge on any atom is -0.497 e. The van der Waals surface area contributed by atoms with Crippen molar-refractivity contribution >= 4 is 22.7 Å². The van der Waals surface area contributed by atoms with Gasteiger partial charge in [-0.05, 0) is 68.0 Å². The lowest BCUT2D eigenvalue weighted by atomic mass is 9.86. The lowest BCUT2D eigenvalue weighted by molar-refractivity contribution is 0.323. The van der Waals surface area contributed by atoms with Crippen LogP contribution in [0.25, 0.3) is 10.9 Å². The second kappa shape index (κ2) is 11.1. The van der Waals surface area contributed by atoms with Crippen LogP contribution in [0.1, 0.15) is 38.7 Å². The van der Waals surface area contributed by atoms with Gasteiger partial charge in [0.1, 0.15) is 11.6 Å². The van der Waals surface area contributed by atoms with Gasteiger partial charge >= 0.3 is 0 Å². The van der Waals surface area contributed by atoms with Crippen molar-refractivity contribution < 1.29 is 4.74 Å². The van der Waals surface area contributed by atoms with Crippen LogP contribution in [-0.4, -0.2) is 43.8 Å². The first-order chi connectivity index (χ1) is 15.1. The van der Waals surface area contributed by atoms with Gasteiger partial charge in [0, 0.05) is 32.1 Å². The van der Waals surface area contributed by atoms with Gasteiger partial charge in [-0.1, -0.05) is 31.7 Å². The number of fused-ring (bicyclic) bond motifs is 1. The molecule has 0 amide bonds. The van der Waals surface area contributed by atoms with Crippen LogP contribution in [0.5, 0.6) is 5.75 Å². The molecular weight excluding hydrogens is 398 g/mol. The summed E-state index contributed by atoms with van der Waals surface area (Å²) >= 11 is 0. The number of hydrogen-bond donors (Lipinski definition) is 2. The monoisotopic (exact) mass is 435 g/mol. The van der Waals surface area contributed by atoms with Gasteiger partial charge in [0.15, 0.2) is 0 Å². The summed E-state index contributed by atoms with van der Waals surface area (Å²) in [5.41, 5.74) is 2.25. The van der Waals surface area contributed by atoms with Crippen molar-refractivity contribution in [1.29, 1.82) is 0 Å². The Morgan fingerprint density at radius 2 is 1.78 bits per heavy atom. The molecule has 1 fully saturated rings. The Kier molecular flexibility index (Phi) is 8.28. The third kappa shape index (κ3) is 5.88. The van der Waals surface area contributed by atoms with Gasteiger partial charge in [-0.3, -0.25) is 0 Å². The highest BCUT2D eigenvalue weighted by Gasteiger charge is 2.22. The summed E-state index contributed by atoms with van der Waals surface area (Å²) in [6, 6.07) is 16.9. The summed E-state index contributed by atoms with van der Waals surface area (Å²) < 4.78 is 5.31. The molecule has 1 saturated carbocycles. The number of nitrogens with zero attached hydrogens (tertiary/aromatic N) is 3. The van der Waals surface area contributed by atoms with Crippen molar-refractivity contribution in [2.45, 2.75) is 45.7 Å². The maximum atomic E-state index is 5.31. The van der Waals surface area contributed by atoms with Crippen molar-refractivity contribution in [2.24, 2.45) is 5.92 Å². The van der Waals surface area contributed by atoms with Crippen molar-refractivity contribution in [2.75, 3.05) is 38.0 Å². The maximum absolute atomic E-state index is 5.31. The molecule has 1 aliphatic carbocycles. The number of methoxy groups -OCH3 is 1. The Balaban J connectivity index is 0.00000289. The highest BCUT2D eigenvalue weighted by molar-refractivity contribution is 5.90. The van der Waals surface area contributed by atoms with Crippen molar-refractivity contribution in [3.8, 4) is 5.75 Å². The smallest absolute Gasteiger partial charge is 0.225 e. The number of rotatable bonds is 8. The van der Waals surface area contributed by atoms with Gasteiger partial charge in [-0.15, -0.1) is 0 Å². The molecule has 3 aromatic rings. The van der Waals surface area contributed by atoms with Gasteiger partial charge in [-0.25, -0.2) is 4.98 Å². The fraction of sp³-hybridized carbons (Fsp3) is 0.462. The number of hydrogen-bond acceptors (Lipinski definition) is 6. The molecule has 0 bridgehead atoms. The lowest BCUT2D eigenvalue weighted by Crippen LogP contribution is -2.31. The quantitative estimate of drug-likeness (QED) is 0.513. The maximum Gasteiger partial charge on any atom is 0.225 e. The van der Waals surface area contributed by atoms with Crippen molar-refractivity contribution in [3.05, 3.63) is 54.1 Å². The lowest BCUT2D eigenvalue weighted by Gasteiger charge is -2.29. The first-order valence-corrected chi connectivity index (χ1v) is 11.2. The van der Waals surface area contributed by atoms with Gasteiger partial charge < -0.3 is 20.3 Å². The van der Waals surface area contributed by atoms with Crippen LogP contribution in [0.15, 0.2) is 48.5 Å². The summed E-state index contributed by atoms with van der Waals surface area (Å²) in [6.45, 7) is 1.94. The zero-order chi connectivity index (χ0) is 21.6. The van der Waals surface area contributed by atoms with E-state index in [1.807, 2.05) is 38.4 Å². The van der Waals surface area contributed by atoms with E-state index < -0.39 is 0 Å². The third-order valence-corrected chi connectivity index (χ3v) is 6.08. The fourth-order valence-electron chi connectivity index (χ4n) is 4.36. The second-order valence-electron chi connectivity index (χ2n) is 8.63. The average Bonchev–Trinajstić information content (AvgIpc) is 2.80. The molecule has 0 atom stereocenters. The molecule has 0 radical (unpaired) electrons. The molecule has 172 valence electrons. The molecule has 0 saturated heterocycles. The molecule has 0 spiro atoms.